The summed E-state index contributed by atoms with van der Waals surface area (Å²) in [6.45, 7) is 8.89. The molecule has 20 heavy (non-hydrogen) atoms. The molecule has 0 aromatic carbocycles. The fourth-order valence-electron chi connectivity index (χ4n) is 3.00. The number of aromatic nitrogens is 2. The Morgan fingerprint density at radius 3 is 2.35 bits per heavy atom. The van der Waals surface area contributed by atoms with Gasteiger partial charge in [0.25, 0.3) is 0 Å². The van der Waals surface area contributed by atoms with Gasteiger partial charge in [-0.25, -0.2) is 0 Å². The molecule has 4 nitrogen and oxygen atoms in total. The fourth-order valence-corrected chi connectivity index (χ4v) is 3.00. The zero-order valence-corrected chi connectivity index (χ0v) is 13.3. The summed E-state index contributed by atoms with van der Waals surface area (Å²) >= 11 is 0. The van der Waals surface area contributed by atoms with Crippen LogP contribution in [-0.4, -0.2) is 16.2 Å². The number of hydrogen-bond donors (Lipinski definition) is 1. The minimum atomic E-state index is 0.0972. The van der Waals surface area contributed by atoms with Crippen LogP contribution in [0.2, 0.25) is 0 Å². The molecule has 1 atom stereocenters. The second-order valence-corrected chi connectivity index (χ2v) is 7.01. The molecule has 4 heteroatoms. The van der Waals surface area contributed by atoms with E-state index in [0.717, 1.165) is 17.7 Å². The topological polar surface area (TPSA) is 64.9 Å². The molecule has 1 saturated carbocycles. The molecule has 2 rings (SSSR count). The van der Waals surface area contributed by atoms with E-state index in [1.54, 1.807) is 0 Å². The standard InChI is InChI=1S/C16H29N3O/c1-10(2)12-5-7-13(8-6-12)16-18-15(20-19-16)9-14(17)11(3)4/h10-14H,5-9,17H2,1-4H3. The van der Waals surface area contributed by atoms with Crippen molar-refractivity contribution in [3.8, 4) is 0 Å². The highest BCUT2D eigenvalue weighted by atomic mass is 16.5. The summed E-state index contributed by atoms with van der Waals surface area (Å²) in [5.41, 5.74) is 6.06. The Balaban J connectivity index is 1.90. The van der Waals surface area contributed by atoms with E-state index < -0.39 is 0 Å². The molecule has 1 aliphatic carbocycles. The molecule has 1 fully saturated rings. The second-order valence-electron chi connectivity index (χ2n) is 7.01. The molecule has 0 bridgehead atoms. The van der Waals surface area contributed by atoms with Gasteiger partial charge in [-0.3, -0.25) is 0 Å². The van der Waals surface area contributed by atoms with Gasteiger partial charge in [-0.15, -0.1) is 0 Å². The molecular formula is C16H29N3O. The van der Waals surface area contributed by atoms with Crippen molar-refractivity contribution in [2.24, 2.45) is 23.5 Å². The van der Waals surface area contributed by atoms with Crippen LogP contribution in [0.15, 0.2) is 4.52 Å². The summed E-state index contributed by atoms with van der Waals surface area (Å²) in [5.74, 6) is 4.18. The van der Waals surface area contributed by atoms with Crippen molar-refractivity contribution in [2.45, 2.75) is 71.8 Å². The van der Waals surface area contributed by atoms with Gasteiger partial charge in [-0.05, 0) is 43.4 Å². The first-order valence-corrected chi connectivity index (χ1v) is 8.05. The Kier molecular flexibility index (Phi) is 5.19. The van der Waals surface area contributed by atoms with Gasteiger partial charge < -0.3 is 10.3 Å². The lowest BCUT2D eigenvalue weighted by molar-refractivity contribution is 0.251. The van der Waals surface area contributed by atoms with Crippen molar-refractivity contribution in [3.05, 3.63) is 11.7 Å². The maximum atomic E-state index is 6.06. The molecule has 1 aromatic heterocycles. The van der Waals surface area contributed by atoms with E-state index in [-0.39, 0.29) is 6.04 Å². The van der Waals surface area contributed by atoms with Crippen LogP contribution in [0.1, 0.15) is 71.0 Å². The van der Waals surface area contributed by atoms with Crippen molar-refractivity contribution < 1.29 is 4.52 Å². The lowest BCUT2D eigenvalue weighted by Crippen LogP contribution is -2.28. The lowest BCUT2D eigenvalue weighted by Gasteiger charge is -2.29. The summed E-state index contributed by atoms with van der Waals surface area (Å²) in [7, 11) is 0. The normalized spacial score (nSPS) is 25.4. The van der Waals surface area contributed by atoms with Gasteiger partial charge in [0.2, 0.25) is 5.89 Å². The van der Waals surface area contributed by atoms with Gasteiger partial charge in [0, 0.05) is 18.4 Å². The maximum absolute atomic E-state index is 6.06. The number of hydrogen-bond acceptors (Lipinski definition) is 4. The SMILES string of the molecule is CC(C)C(N)Cc1nc(C2CCC(C(C)C)CC2)no1. The first-order chi connectivity index (χ1) is 9.47. The highest BCUT2D eigenvalue weighted by Crippen LogP contribution is 2.37. The zero-order valence-electron chi connectivity index (χ0n) is 13.3. The number of rotatable bonds is 5. The number of nitrogens with two attached hydrogens (primary N) is 1. The first kappa shape index (κ1) is 15.5. The quantitative estimate of drug-likeness (QED) is 0.895. The smallest absolute Gasteiger partial charge is 0.228 e. The van der Waals surface area contributed by atoms with Gasteiger partial charge in [0.05, 0.1) is 0 Å². The predicted octanol–water partition coefficient (Wildman–Crippen LogP) is 3.53. The third kappa shape index (κ3) is 3.81. The van der Waals surface area contributed by atoms with Gasteiger partial charge >= 0.3 is 0 Å². The molecule has 2 N–H and O–H groups in total. The van der Waals surface area contributed by atoms with Gasteiger partial charge in [-0.1, -0.05) is 32.9 Å². The van der Waals surface area contributed by atoms with Crippen LogP contribution in [0.5, 0.6) is 0 Å². The first-order valence-electron chi connectivity index (χ1n) is 8.05. The third-order valence-electron chi connectivity index (χ3n) is 4.83. The Morgan fingerprint density at radius 1 is 1.15 bits per heavy atom. The van der Waals surface area contributed by atoms with Crippen molar-refractivity contribution in [1.82, 2.24) is 10.1 Å². The molecule has 114 valence electrons. The minimum absolute atomic E-state index is 0.0972. The molecule has 0 spiro atoms. The average Bonchev–Trinajstić information content (AvgIpc) is 2.87. The van der Waals surface area contributed by atoms with Crippen LogP contribution >= 0.6 is 0 Å². The Labute approximate surface area is 122 Å². The zero-order chi connectivity index (χ0) is 14.7. The Hall–Kier alpha value is -0.900. The van der Waals surface area contributed by atoms with Gasteiger partial charge in [0.15, 0.2) is 5.82 Å². The molecule has 1 unspecified atom stereocenters. The highest BCUT2D eigenvalue weighted by molar-refractivity contribution is 4.99. The van der Waals surface area contributed by atoms with Crippen LogP contribution in [0.3, 0.4) is 0 Å². The van der Waals surface area contributed by atoms with Gasteiger partial charge in [0.1, 0.15) is 0 Å². The molecule has 1 aliphatic rings. The van der Waals surface area contributed by atoms with Crippen LogP contribution in [0.4, 0.5) is 0 Å². The summed E-state index contributed by atoms with van der Waals surface area (Å²) in [6.07, 6.45) is 5.65. The van der Waals surface area contributed by atoms with Crippen LogP contribution in [0.25, 0.3) is 0 Å². The molecule has 0 aliphatic heterocycles. The third-order valence-corrected chi connectivity index (χ3v) is 4.83. The summed E-state index contributed by atoms with van der Waals surface area (Å²) in [5, 5.41) is 4.18. The minimum Gasteiger partial charge on any atom is -0.339 e. The van der Waals surface area contributed by atoms with Gasteiger partial charge in [-0.2, -0.15) is 4.98 Å². The summed E-state index contributed by atoms with van der Waals surface area (Å²) < 4.78 is 5.37. The van der Waals surface area contributed by atoms with E-state index in [0.29, 0.717) is 24.1 Å². The second kappa shape index (κ2) is 6.70. The summed E-state index contributed by atoms with van der Waals surface area (Å²) in [6, 6.07) is 0.0972. The lowest BCUT2D eigenvalue weighted by atomic mass is 9.77. The molecular weight excluding hydrogens is 250 g/mol. The monoisotopic (exact) mass is 279 g/mol. The van der Waals surface area contributed by atoms with E-state index >= 15 is 0 Å². The van der Waals surface area contributed by atoms with Crippen molar-refractivity contribution in [3.63, 3.8) is 0 Å². The van der Waals surface area contributed by atoms with E-state index in [1.165, 1.54) is 25.7 Å². The largest absolute Gasteiger partial charge is 0.339 e. The average molecular weight is 279 g/mol. The number of nitrogens with zero attached hydrogens (tertiary/aromatic N) is 2. The highest BCUT2D eigenvalue weighted by Gasteiger charge is 2.27. The summed E-state index contributed by atoms with van der Waals surface area (Å²) in [4.78, 5) is 4.57. The predicted molar refractivity (Wildman–Crippen MR) is 80.4 cm³/mol. The van der Waals surface area contributed by atoms with Crippen LogP contribution in [0, 0.1) is 17.8 Å². The van der Waals surface area contributed by atoms with Crippen molar-refractivity contribution in [1.29, 1.82) is 0 Å². The van der Waals surface area contributed by atoms with Crippen molar-refractivity contribution >= 4 is 0 Å². The van der Waals surface area contributed by atoms with E-state index in [4.69, 9.17) is 10.3 Å². The molecule has 0 saturated heterocycles. The van der Waals surface area contributed by atoms with Crippen LogP contribution in [-0.2, 0) is 6.42 Å². The van der Waals surface area contributed by atoms with E-state index in [1.807, 2.05) is 0 Å². The Morgan fingerprint density at radius 2 is 1.80 bits per heavy atom. The van der Waals surface area contributed by atoms with Crippen molar-refractivity contribution in [2.75, 3.05) is 0 Å². The van der Waals surface area contributed by atoms with Crippen LogP contribution < -0.4 is 5.73 Å². The Bertz CT molecular complexity index is 406. The molecule has 1 heterocycles. The molecule has 1 aromatic rings. The maximum Gasteiger partial charge on any atom is 0.228 e. The molecule has 0 radical (unpaired) electrons. The fraction of sp³-hybridized carbons (Fsp3) is 0.875. The molecule has 0 amide bonds. The van der Waals surface area contributed by atoms with E-state index in [9.17, 15) is 0 Å². The van der Waals surface area contributed by atoms with E-state index in [2.05, 4.69) is 37.8 Å².